The zero-order chi connectivity index (χ0) is 33.6. The lowest BCUT2D eigenvalue weighted by molar-refractivity contribution is -0.407. The zero-order valence-electron chi connectivity index (χ0n) is 27.3. The van der Waals surface area contributed by atoms with E-state index in [0.29, 0.717) is 11.1 Å². The van der Waals surface area contributed by atoms with Gasteiger partial charge in [0, 0.05) is 23.8 Å². The van der Waals surface area contributed by atoms with Gasteiger partial charge in [0.1, 0.15) is 30.0 Å². The van der Waals surface area contributed by atoms with Gasteiger partial charge in [-0.3, -0.25) is 4.79 Å². The average molecular weight is 649 g/mol. The van der Waals surface area contributed by atoms with Crippen molar-refractivity contribution in [2.24, 2.45) is 17.8 Å². The van der Waals surface area contributed by atoms with Crippen molar-refractivity contribution in [3.63, 3.8) is 0 Å². The number of ketones is 1. The third kappa shape index (κ3) is 4.16. The molecular formula is C37H44O10. The Hall–Kier alpha value is -2.96. The second-order valence-corrected chi connectivity index (χ2v) is 14.1. The fourth-order valence-electron chi connectivity index (χ4n) is 9.24. The van der Waals surface area contributed by atoms with Crippen LogP contribution < -0.4 is 0 Å². The van der Waals surface area contributed by atoms with Gasteiger partial charge >= 0.3 is 11.9 Å². The lowest BCUT2D eigenvalue weighted by Crippen LogP contribution is -2.76. The largest absolute Gasteiger partial charge is 0.455 e. The summed E-state index contributed by atoms with van der Waals surface area (Å²) >= 11 is 0. The maximum atomic E-state index is 13.8. The Balaban J connectivity index is 1.41. The highest BCUT2D eigenvalue weighted by molar-refractivity contribution is 6.05. The Morgan fingerprint density at radius 2 is 1.85 bits per heavy atom. The molecule has 3 N–H and O–H groups in total. The second kappa shape index (κ2) is 11.0. The van der Waals surface area contributed by atoms with Crippen molar-refractivity contribution < 1.29 is 48.6 Å². The van der Waals surface area contributed by atoms with Crippen LogP contribution in [0.4, 0.5) is 0 Å². The van der Waals surface area contributed by atoms with Crippen LogP contribution in [0.1, 0.15) is 63.7 Å². The molecule has 0 aromatic heterocycles. The van der Waals surface area contributed by atoms with Crippen molar-refractivity contribution in [1.82, 2.24) is 0 Å². The predicted octanol–water partition coefficient (Wildman–Crippen LogP) is 3.70. The first kappa shape index (κ1) is 32.6. The molecular weight excluding hydrogens is 604 g/mol. The van der Waals surface area contributed by atoms with Gasteiger partial charge in [-0.1, -0.05) is 75.8 Å². The minimum absolute atomic E-state index is 0.238. The van der Waals surface area contributed by atoms with Crippen LogP contribution in [0, 0.1) is 17.8 Å². The number of epoxide rings is 1. The van der Waals surface area contributed by atoms with Gasteiger partial charge in [-0.05, 0) is 50.0 Å². The van der Waals surface area contributed by atoms with Crippen LogP contribution in [-0.2, 0) is 28.5 Å². The maximum Gasteiger partial charge on any atom is 0.338 e. The van der Waals surface area contributed by atoms with Crippen molar-refractivity contribution in [2.75, 3.05) is 6.61 Å². The summed E-state index contributed by atoms with van der Waals surface area (Å²) in [7, 11) is 0. The number of carbonyl (C=O) groups excluding carboxylic acids is 2. The maximum absolute atomic E-state index is 13.8. The molecule has 0 spiro atoms. The zero-order valence-corrected chi connectivity index (χ0v) is 27.3. The van der Waals surface area contributed by atoms with Crippen LogP contribution in [0.25, 0.3) is 0 Å². The molecule has 10 heteroatoms. The molecule has 47 heavy (non-hydrogen) atoms. The summed E-state index contributed by atoms with van der Waals surface area (Å²) in [5.74, 6) is -5.81. The SMILES string of the molecule is C=C(C)[C@@]12O[C@@]3(C=CC=CCCCCC)OC1C1C4O[C@]4(CO)C(O)[C@]4(O)C(=O)C(C)=CC4[C@@]1(O3)C(C)C2OC(=O)c1ccccc1. The highest BCUT2D eigenvalue weighted by Gasteiger charge is 2.90. The number of hydrogen-bond donors (Lipinski definition) is 3. The number of unbranched alkanes of at least 4 members (excludes halogenated alkanes) is 3. The van der Waals surface area contributed by atoms with Gasteiger partial charge in [0.2, 0.25) is 0 Å². The number of ether oxygens (including phenoxy) is 5. The van der Waals surface area contributed by atoms with Gasteiger partial charge in [-0.2, -0.15) is 0 Å². The molecule has 1 aromatic carbocycles. The number of rotatable bonds is 10. The monoisotopic (exact) mass is 648 g/mol. The molecule has 3 aliphatic carbocycles. The molecule has 0 radical (unpaired) electrons. The molecule has 3 aliphatic heterocycles. The third-order valence-electron chi connectivity index (χ3n) is 11.5. The standard InChI is InChI=1S/C37H44O10/c1-6-7-8-9-10-11-15-18-34-45-30-26-29-33(20-38,44-29)32(41)35(42)25(19-22(4)27(35)39)37(26,47-34)23(5)28(36(30,46-34)21(2)3)43-31(40)24-16-13-12-14-17-24/h10-19,23,25-26,28-30,32,38,41-42H,2,6-9,20H2,1,3-5H3/t23?,25?,26?,28?,29?,30?,32?,33-,34+,35+,36-,37-/m0/s1. The van der Waals surface area contributed by atoms with Crippen LogP contribution in [-0.4, -0.2) is 86.5 Å². The predicted molar refractivity (Wildman–Crippen MR) is 169 cm³/mol. The van der Waals surface area contributed by atoms with E-state index in [1.807, 2.05) is 19.1 Å². The van der Waals surface area contributed by atoms with Gasteiger partial charge in [0.15, 0.2) is 17.0 Å². The molecule has 3 saturated heterocycles. The number of Topliss-reactive ketones (excluding diaryl/α,β-unsaturated/α-hetero) is 1. The molecule has 6 aliphatic rings. The van der Waals surface area contributed by atoms with Crippen molar-refractivity contribution >= 4 is 11.8 Å². The Morgan fingerprint density at radius 1 is 1.11 bits per heavy atom. The summed E-state index contributed by atoms with van der Waals surface area (Å²) in [4.78, 5) is 27.6. The van der Waals surface area contributed by atoms with Crippen molar-refractivity contribution in [1.29, 1.82) is 0 Å². The van der Waals surface area contributed by atoms with Crippen molar-refractivity contribution in [2.45, 2.75) is 106 Å². The third-order valence-corrected chi connectivity index (χ3v) is 11.5. The number of benzene rings is 1. The minimum atomic E-state index is -2.41. The van der Waals surface area contributed by atoms with E-state index in [2.05, 4.69) is 13.5 Å². The van der Waals surface area contributed by atoms with Gasteiger partial charge in [-0.25, -0.2) is 4.79 Å². The van der Waals surface area contributed by atoms with Gasteiger partial charge in [0.25, 0.3) is 0 Å². The lowest BCUT2D eigenvalue weighted by Gasteiger charge is -2.61. The lowest BCUT2D eigenvalue weighted by atomic mass is 9.53. The van der Waals surface area contributed by atoms with E-state index in [0.717, 1.165) is 25.7 Å². The number of fused-ring (bicyclic) bond motifs is 3. The van der Waals surface area contributed by atoms with Gasteiger partial charge in [0.05, 0.1) is 17.8 Å². The molecule has 5 fully saturated rings. The van der Waals surface area contributed by atoms with Crippen molar-refractivity contribution in [3.05, 3.63) is 84.0 Å². The molecule has 7 unspecified atom stereocenters. The fourth-order valence-corrected chi connectivity index (χ4v) is 9.24. The van der Waals surface area contributed by atoms with E-state index >= 15 is 0 Å². The molecule has 12 atom stereocenters. The Morgan fingerprint density at radius 3 is 2.53 bits per heavy atom. The van der Waals surface area contributed by atoms with Crippen LogP contribution in [0.3, 0.4) is 0 Å². The van der Waals surface area contributed by atoms with Crippen LogP contribution in [0.15, 0.2) is 78.4 Å². The molecule has 3 heterocycles. The number of esters is 1. The first-order valence-electron chi connectivity index (χ1n) is 16.7. The summed E-state index contributed by atoms with van der Waals surface area (Å²) in [5, 5.41) is 34.9. The number of aliphatic hydroxyl groups excluding tert-OH is 2. The first-order valence-corrected chi connectivity index (χ1v) is 16.7. The average Bonchev–Trinajstić information content (AvgIpc) is 3.69. The van der Waals surface area contributed by atoms with Crippen LogP contribution in [0.5, 0.6) is 0 Å². The topological polar surface area (TPSA) is 144 Å². The van der Waals surface area contributed by atoms with Crippen LogP contribution in [0.2, 0.25) is 0 Å². The van der Waals surface area contributed by atoms with E-state index in [1.54, 1.807) is 62.4 Å². The summed E-state index contributed by atoms with van der Waals surface area (Å²) < 4.78 is 33.2. The number of hydrogen-bond acceptors (Lipinski definition) is 10. The molecule has 1 aromatic rings. The Labute approximate surface area is 274 Å². The molecule has 10 nitrogen and oxygen atoms in total. The summed E-state index contributed by atoms with van der Waals surface area (Å²) in [5.41, 5.74) is -6.01. The Kier molecular flexibility index (Phi) is 7.65. The van der Waals surface area contributed by atoms with Gasteiger partial charge in [-0.15, -0.1) is 0 Å². The van der Waals surface area contributed by atoms with E-state index in [4.69, 9.17) is 23.7 Å². The van der Waals surface area contributed by atoms with E-state index in [9.17, 15) is 24.9 Å². The van der Waals surface area contributed by atoms with E-state index in [1.165, 1.54) is 0 Å². The molecule has 3 bridgehead atoms. The van der Waals surface area contributed by atoms with E-state index in [-0.39, 0.29) is 5.57 Å². The minimum Gasteiger partial charge on any atom is -0.455 e. The molecule has 0 amide bonds. The molecule has 2 saturated carbocycles. The second-order valence-electron chi connectivity index (χ2n) is 14.1. The van der Waals surface area contributed by atoms with Crippen LogP contribution >= 0.6 is 0 Å². The molecule has 252 valence electrons. The Bertz CT molecular complexity index is 1570. The summed E-state index contributed by atoms with van der Waals surface area (Å²) in [6, 6.07) is 8.57. The van der Waals surface area contributed by atoms with E-state index < -0.39 is 88.9 Å². The highest BCUT2D eigenvalue weighted by atomic mass is 16.9. The highest BCUT2D eigenvalue weighted by Crippen LogP contribution is 2.73. The smallest absolute Gasteiger partial charge is 0.338 e. The number of aliphatic hydroxyl groups is 3. The summed E-state index contributed by atoms with van der Waals surface area (Å²) in [6.45, 7) is 11.0. The van der Waals surface area contributed by atoms with Crippen molar-refractivity contribution in [3.8, 4) is 0 Å². The number of carbonyl (C=O) groups is 2. The molecule has 7 rings (SSSR count). The quantitative estimate of drug-likeness (QED) is 0.113. The number of allylic oxidation sites excluding steroid dienone is 3. The van der Waals surface area contributed by atoms with Gasteiger partial charge < -0.3 is 39.0 Å². The normalized spacial score (nSPS) is 45.8. The summed E-state index contributed by atoms with van der Waals surface area (Å²) in [6.07, 6.45) is 8.51. The first-order chi connectivity index (χ1) is 22.4. The fraction of sp³-hybridized carbons (Fsp3) is 0.568.